The first-order chi connectivity index (χ1) is 27.7. The van der Waals surface area contributed by atoms with E-state index >= 15 is 0 Å². The van der Waals surface area contributed by atoms with Gasteiger partial charge in [-0.15, -0.1) is 0 Å². The number of hydrogen-bond donors (Lipinski definition) is 5. The molecule has 0 bridgehead atoms. The number of benzene rings is 4. The summed E-state index contributed by atoms with van der Waals surface area (Å²) in [6, 6.07) is 18.9. The molecule has 0 unspecified atom stereocenters. The fourth-order valence-electron chi connectivity index (χ4n) is 6.58. The van der Waals surface area contributed by atoms with Gasteiger partial charge in [-0.2, -0.15) is 52.2 Å². The summed E-state index contributed by atoms with van der Waals surface area (Å²) in [5.41, 5.74) is 7.74. The number of allylic oxidation sites excluding steroid dienone is 4. The van der Waals surface area contributed by atoms with E-state index in [1.807, 2.05) is 63.3 Å². The van der Waals surface area contributed by atoms with E-state index in [1.165, 1.54) is 12.1 Å². The van der Waals surface area contributed by atoms with Crippen molar-refractivity contribution in [1.82, 2.24) is 15.0 Å². The molecular formula is C40H40N10O6S2. The molecule has 0 amide bonds. The maximum atomic E-state index is 12.1. The number of nitrogens with one attached hydrogen (secondary N) is 3. The SMILES string of the molecule is CCCNc1nc(Nc2ccc(N=NC3=CCc4cccc(S(=O)(=O)O)c4C3)c(C)c2)nc(Nc2ccc(N=Nc3cc4c(c(S(=O)(=O)O)c3)CC=CC4)c(C)c2)n1. The summed E-state index contributed by atoms with van der Waals surface area (Å²) in [5.74, 6) is 0.945. The molecule has 5 N–H and O–H groups in total. The number of aryl methyl sites for hydroxylation is 2. The van der Waals surface area contributed by atoms with Crippen LogP contribution in [0.15, 0.2) is 121 Å². The Hall–Kier alpha value is -6.21. The molecule has 1 aromatic heterocycles. The number of rotatable bonds is 13. The highest BCUT2D eigenvalue weighted by atomic mass is 32.2. The number of anilines is 5. The lowest BCUT2D eigenvalue weighted by Crippen LogP contribution is -2.10. The van der Waals surface area contributed by atoms with Crippen molar-refractivity contribution in [1.29, 1.82) is 0 Å². The summed E-state index contributed by atoms with van der Waals surface area (Å²) in [6.45, 7) is 6.44. The second kappa shape index (κ2) is 16.7. The van der Waals surface area contributed by atoms with E-state index < -0.39 is 20.2 Å². The van der Waals surface area contributed by atoms with E-state index in [9.17, 15) is 25.9 Å². The molecule has 58 heavy (non-hydrogen) atoms. The van der Waals surface area contributed by atoms with Crippen LogP contribution in [0.25, 0.3) is 0 Å². The van der Waals surface area contributed by atoms with Crippen molar-refractivity contribution in [2.24, 2.45) is 20.5 Å². The maximum absolute atomic E-state index is 12.1. The molecule has 0 radical (unpaired) electrons. The van der Waals surface area contributed by atoms with Crippen molar-refractivity contribution < 1.29 is 25.9 Å². The van der Waals surface area contributed by atoms with Gasteiger partial charge in [-0.3, -0.25) is 9.11 Å². The van der Waals surface area contributed by atoms with Crippen LogP contribution in [0.2, 0.25) is 0 Å². The standard InChI is InChI=1S/C40H40N10O6S2/c1-4-18-41-38-44-39(42-28-14-16-34(24(2)19-28)49-47-30-13-12-26-9-7-11-36(33(26)22-30)57(51,52)53)46-40(45-38)43-29-15-17-35(25(3)20-29)50-48-31-21-27-8-5-6-10-32(27)37(23-31)58(54,55)56/h5-7,9,11,13-17,19-21,23H,4,8,10,12,18,22H2,1-3H3,(H,51,52,53)(H,54,55,56)(H3,41,42,43,44,45,46). The number of azo groups is 2. The number of nitrogens with zero attached hydrogens (tertiary/aromatic N) is 7. The minimum atomic E-state index is -4.44. The molecule has 4 aromatic carbocycles. The Labute approximate surface area is 335 Å². The maximum Gasteiger partial charge on any atom is 0.294 e. The Balaban J connectivity index is 1.05. The third-order valence-corrected chi connectivity index (χ3v) is 11.3. The Kier molecular flexibility index (Phi) is 11.5. The normalized spacial score (nSPS) is 14.0. The van der Waals surface area contributed by atoms with Crippen LogP contribution in [-0.4, -0.2) is 47.4 Å². The molecule has 0 spiro atoms. The van der Waals surface area contributed by atoms with E-state index in [-0.39, 0.29) is 28.1 Å². The molecule has 2 aliphatic carbocycles. The largest absolute Gasteiger partial charge is 0.354 e. The minimum absolute atomic E-state index is 0.115. The zero-order chi connectivity index (χ0) is 41.0. The number of aromatic nitrogens is 3. The first-order valence-electron chi connectivity index (χ1n) is 18.4. The fraction of sp³-hybridized carbons (Fsp3) is 0.225. The summed E-state index contributed by atoms with van der Waals surface area (Å²) in [6.07, 6.45) is 8.21. The summed E-state index contributed by atoms with van der Waals surface area (Å²) in [5, 5.41) is 27.2. The zero-order valence-electron chi connectivity index (χ0n) is 31.8. The van der Waals surface area contributed by atoms with Crippen molar-refractivity contribution in [3.63, 3.8) is 0 Å². The van der Waals surface area contributed by atoms with Gasteiger partial charge in [0.05, 0.1) is 32.6 Å². The van der Waals surface area contributed by atoms with Gasteiger partial charge in [-0.1, -0.05) is 37.3 Å². The van der Waals surface area contributed by atoms with Crippen LogP contribution in [0.3, 0.4) is 0 Å². The van der Waals surface area contributed by atoms with Gasteiger partial charge in [-0.25, -0.2) is 0 Å². The molecular weight excluding hydrogens is 781 g/mol. The fourth-order valence-corrected chi connectivity index (χ4v) is 8.15. The minimum Gasteiger partial charge on any atom is -0.354 e. The van der Waals surface area contributed by atoms with Crippen LogP contribution in [0, 0.1) is 13.8 Å². The highest BCUT2D eigenvalue weighted by Gasteiger charge is 2.22. The van der Waals surface area contributed by atoms with E-state index in [2.05, 4.69) is 51.4 Å². The van der Waals surface area contributed by atoms with Crippen LogP contribution in [0.4, 0.5) is 46.3 Å². The third-order valence-electron chi connectivity index (χ3n) is 9.45. The Bertz CT molecular complexity index is 2770. The molecule has 7 rings (SSSR count). The monoisotopic (exact) mass is 820 g/mol. The van der Waals surface area contributed by atoms with E-state index in [1.54, 1.807) is 30.3 Å². The molecule has 2 aliphatic rings. The van der Waals surface area contributed by atoms with Crippen LogP contribution >= 0.6 is 0 Å². The van der Waals surface area contributed by atoms with Crippen molar-refractivity contribution in [2.45, 2.75) is 62.7 Å². The van der Waals surface area contributed by atoms with Gasteiger partial charge in [0.25, 0.3) is 20.2 Å². The smallest absolute Gasteiger partial charge is 0.294 e. The molecule has 0 saturated carbocycles. The average Bonchev–Trinajstić information content (AvgIpc) is 3.18. The van der Waals surface area contributed by atoms with Gasteiger partial charge >= 0.3 is 0 Å². The van der Waals surface area contributed by atoms with Crippen LogP contribution in [-0.2, 0) is 45.9 Å². The summed E-state index contributed by atoms with van der Waals surface area (Å²) in [4.78, 5) is 13.4. The quantitative estimate of drug-likeness (QED) is 0.0425. The first-order valence-corrected chi connectivity index (χ1v) is 21.3. The predicted molar refractivity (Wildman–Crippen MR) is 221 cm³/mol. The molecule has 0 fully saturated rings. The summed E-state index contributed by atoms with van der Waals surface area (Å²) in [7, 11) is -8.81. The van der Waals surface area contributed by atoms with Gasteiger partial charge in [0.15, 0.2) is 0 Å². The van der Waals surface area contributed by atoms with Gasteiger partial charge in [0.2, 0.25) is 17.8 Å². The van der Waals surface area contributed by atoms with Gasteiger partial charge in [0, 0.05) is 24.3 Å². The van der Waals surface area contributed by atoms with Crippen molar-refractivity contribution >= 4 is 66.5 Å². The lowest BCUT2D eigenvalue weighted by atomic mass is 9.95. The second-order valence-corrected chi connectivity index (χ2v) is 16.5. The Morgan fingerprint density at radius 3 is 1.90 bits per heavy atom. The second-order valence-electron chi connectivity index (χ2n) is 13.8. The van der Waals surface area contributed by atoms with E-state index in [0.29, 0.717) is 77.0 Å². The molecule has 5 aromatic rings. The van der Waals surface area contributed by atoms with Gasteiger partial charge in [-0.05, 0) is 128 Å². The number of hydrogen-bond acceptors (Lipinski definition) is 14. The first kappa shape index (κ1) is 40.0. The molecule has 1 heterocycles. The molecule has 18 heteroatoms. The highest BCUT2D eigenvalue weighted by Crippen LogP contribution is 2.33. The highest BCUT2D eigenvalue weighted by molar-refractivity contribution is 7.86. The van der Waals surface area contributed by atoms with Crippen LogP contribution < -0.4 is 16.0 Å². The molecule has 0 saturated heterocycles. The third kappa shape index (κ3) is 9.48. The van der Waals surface area contributed by atoms with Crippen LogP contribution in [0.5, 0.6) is 0 Å². The lowest BCUT2D eigenvalue weighted by Gasteiger charge is -2.16. The zero-order valence-corrected chi connectivity index (χ0v) is 33.4. The summed E-state index contributed by atoms with van der Waals surface area (Å²) >= 11 is 0. The molecule has 16 nitrogen and oxygen atoms in total. The molecule has 298 valence electrons. The van der Waals surface area contributed by atoms with Crippen molar-refractivity contribution in [3.05, 3.63) is 124 Å². The Morgan fingerprint density at radius 1 is 0.655 bits per heavy atom. The average molecular weight is 821 g/mol. The molecule has 0 aliphatic heterocycles. The topological polar surface area (TPSA) is 233 Å². The Morgan fingerprint density at radius 2 is 1.28 bits per heavy atom. The summed E-state index contributed by atoms with van der Waals surface area (Å²) < 4.78 is 67.6. The van der Waals surface area contributed by atoms with E-state index in [0.717, 1.165) is 28.7 Å². The lowest BCUT2D eigenvalue weighted by molar-refractivity contribution is 0.479. The molecule has 0 atom stereocenters. The number of fused-ring (bicyclic) bond motifs is 2. The van der Waals surface area contributed by atoms with Crippen molar-refractivity contribution in [2.75, 3.05) is 22.5 Å². The van der Waals surface area contributed by atoms with E-state index in [4.69, 9.17) is 0 Å². The van der Waals surface area contributed by atoms with Crippen LogP contribution in [0.1, 0.15) is 46.7 Å². The van der Waals surface area contributed by atoms with Gasteiger partial charge < -0.3 is 16.0 Å². The van der Waals surface area contributed by atoms with Gasteiger partial charge in [0.1, 0.15) is 0 Å². The van der Waals surface area contributed by atoms with Crippen molar-refractivity contribution in [3.8, 4) is 0 Å². The predicted octanol–water partition coefficient (Wildman–Crippen LogP) is 9.13.